The van der Waals surface area contributed by atoms with Crippen molar-refractivity contribution in [2.45, 2.75) is 39.7 Å². The topological polar surface area (TPSA) is 53.0 Å². The summed E-state index contributed by atoms with van der Waals surface area (Å²) < 4.78 is 5.86. The van der Waals surface area contributed by atoms with E-state index in [1.54, 1.807) is 0 Å². The maximum atomic E-state index is 12.7. The van der Waals surface area contributed by atoms with Gasteiger partial charge in [0.1, 0.15) is 5.75 Å². The van der Waals surface area contributed by atoms with Crippen molar-refractivity contribution in [3.8, 4) is 5.75 Å². The molecule has 1 unspecified atom stereocenters. The number of likely N-dealkylation sites (tertiary alicyclic amines) is 1. The zero-order valence-corrected chi connectivity index (χ0v) is 16.2. The number of aliphatic hydroxyl groups is 1. The molecule has 5 nitrogen and oxygen atoms in total. The number of ether oxygens (including phenoxy) is 1. The van der Waals surface area contributed by atoms with Crippen LogP contribution < -0.4 is 4.74 Å². The van der Waals surface area contributed by atoms with Gasteiger partial charge in [0.05, 0.1) is 6.61 Å². The Kier molecular flexibility index (Phi) is 6.47. The first-order valence-corrected chi connectivity index (χ1v) is 9.05. The van der Waals surface area contributed by atoms with E-state index in [1.807, 2.05) is 51.0 Å². The fourth-order valence-electron chi connectivity index (χ4n) is 3.54. The minimum Gasteiger partial charge on any atom is -0.481 e. The highest BCUT2D eigenvalue weighted by Gasteiger charge is 2.37. The number of hydrogen-bond acceptors (Lipinski definition) is 4. The number of amides is 1. The van der Waals surface area contributed by atoms with E-state index in [0.717, 1.165) is 30.7 Å². The molecule has 1 aliphatic rings. The summed E-state index contributed by atoms with van der Waals surface area (Å²) in [6.07, 6.45) is 1.14. The van der Waals surface area contributed by atoms with Crippen LogP contribution >= 0.6 is 0 Å². The summed E-state index contributed by atoms with van der Waals surface area (Å²) in [6, 6.07) is 5.90. The van der Waals surface area contributed by atoms with Crippen LogP contribution in [-0.4, -0.2) is 67.3 Å². The molecule has 0 spiro atoms. The van der Waals surface area contributed by atoms with Gasteiger partial charge in [-0.1, -0.05) is 6.07 Å². The quantitative estimate of drug-likeness (QED) is 0.857. The molecule has 1 heterocycles. The van der Waals surface area contributed by atoms with Crippen LogP contribution in [0.3, 0.4) is 0 Å². The second-order valence-corrected chi connectivity index (χ2v) is 7.73. The molecule has 0 radical (unpaired) electrons. The van der Waals surface area contributed by atoms with Gasteiger partial charge < -0.3 is 19.6 Å². The second-order valence-electron chi connectivity index (χ2n) is 7.73. The molecule has 1 aromatic rings. The molecule has 1 atom stereocenters. The predicted molar refractivity (Wildman–Crippen MR) is 99.9 cm³/mol. The number of aliphatic hydroxyl groups excluding tert-OH is 1. The van der Waals surface area contributed by atoms with E-state index in [4.69, 9.17) is 4.74 Å². The van der Waals surface area contributed by atoms with E-state index in [1.165, 1.54) is 5.56 Å². The lowest BCUT2D eigenvalue weighted by molar-refractivity contribution is -0.141. The fourth-order valence-corrected chi connectivity index (χ4v) is 3.54. The van der Waals surface area contributed by atoms with Crippen molar-refractivity contribution in [1.82, 2.24) is 9.80 Å². The van der Waals surface area contributed by atoms with Crippen molar-refractivity contribution >= 4 is 5.91 Å². The van der Waals surface area contributed by atoms with Crippen molar-refractivity contribution < 1.29 is 14.6 Å². The lowest BCUT2D eigenvalue weighted by Gasteiger charge is -2.42. The lowest BCUT2D eigenvalue weighted by atomic mass is 9.78. The summed E-state index contributed by atoms with van der Waals surface area (Å²) in [5.74, 6) is 0.757. The highest BCUT2D eigenvalue weighted by Crippen LogP contribution is 2.32. The van der Waals surface area contributed by atoms with Crippen molar-refractivity contribution in [3.63, 3.8) is 0 Å². The summed E-state index contributed by atoms with van der Waals surface area (Å²) in [6.45, 7) is 8.27. The van der Waals surface area contributed by atoms with E-state index in [2.05, 4.69) is 11.8 Å². The average Bonchev–Trinajstić information content (AvgIpc) is 2.57. The molecule has 1 fully saturated rings. The first kappa shape index (κ1) is 19.7. The molecule has 1 N–H and O–H groups in total. The first-order chi connectivity index (χ1) is 11.8. The maximum absolute atomic E-state index is 12.7. The Morgan fingerprint density at radius 3 is 2.44 bits per heavy atom. The van der Waals surface area contributed by atoms with Crippen LogP contribution in [0.2, 0.25) is 0 Å². The third-order valence-corrected chi connectivity index (χ3v) is 5.26. The number of hydrogen-bond donors (Lipinski definition) is 1. The molecular weight excluding hydrogens is 316 g/mol. The average molecular weight is 348 g/mol. The standard InChI is InChI=1S/C20H32N2O3/c1-15-6-7-18(12-16(15)2)25-17(3)19(24)22-10-8-20(14-23,9-11-22)13-21(4)5/h6-7,12,17,23H,8-11,13-14H2,1-5H3. The normalized spacial score (nSPS) is 18.3. The van der Waals surface area contributed by atoms with Gasteiger partial charge in [-0.25, -0.2) is 0 Å². The lowest BCUT2D eigenvalue weighted by Crippen LogP contribution is -2.51. The first-order valence-electron chi connectivity index (χ1n) is 9.05. The van der Waals surface area contributed by atoms with Gasteiger partial charge in [0.15, 0.2) is 6.10 Å². The Hall–Kier alpha value is -1.59. The van der Waals surface area contributed by atoms with Crippen molar-refractivity contribution in [2.24, 2.45) is 5.41 Å². The molecule has 5 heteroatoms. The molecular formula is C20H32N2O3. The van der Waals surface area contributed by atoms with Crippen LogP contribution in [0.5, 0.6) is 5.75 Å². The van der Waals surface area contributed by atoms with Crippen molar-refractivity contribution in [2.75, 3.05) is 40.3 Å². The van der Waals surface area contributed by atoms with E-state index in [-0.39, 0.29) is 17.9 Å². The molecule has 1 saturated heterocycles. The SMILES string of the molecule is Cc1ccc(OC(C)C(=O)N2CCC(CO)(CN(C)C)CC2)cc1C. The molecule has 0 aromatic heterocycles. The summed E-state index contributed by atoms with van der Waals surface area (Å²) in [5, 5.41) is 9.81. The molecule has 0 bridgehead atoms. The summed E-state index contributed by atoms with van der Waals surface area (Å²) in [7, 11) is 4.04. The van der Waals surface area contributed by atoms with Gasteiger partial charge in [0.2, 0.25) is 0 Å². The Bertz CT molecular complexity index is 593. The molecule has 140 valence electrons. The molecule has 1 aliphatic heterocycles. The van der Waals surface area contributed by atoms with Gasteiger partial charge in [-0.3, -0.25) is 4.79 Å². The predicted octanol–water partition coefficient (Wildman–Crippen LogP) is 2.23. The van der Waals surface area contributed by atoms with Crippen LogP contribution in [0.25, 0.3) is 0 Å². The molecule has 1 amide bonds. The molecule has 0 saturated carbocycles. The van der Waals surface area contributed by atoms with E-state index in [0.29, 0.717) is 13.1 Å². The van der Waals surface area contributed by atoms with Gasteiger partial charge in [0, 0.05) is 25.0 Å². The Morgan fingerprint density at radius 2 is 1.92 bits per heavy atom. The van der Waals surface area contributed by atoms with E-state index in [9.17, 15) is 9.90 Å². The maximum Gasteiger partial charge on any atom is 0.263 e. The van der Waals surface area contributed by atoms with Crippen LogP contribution in [0.4, 0.5) is 0 Å². The number of benzene rings is 1. The van der Waals surface area contributed by atoms with Crippen LogP contribution in [0.15, 0.2) is 18.2 Å². The molecule has 2 rings (SSSR count). The van der Waals surface area contributed by atoms with Gasteiger partial charge in [0.25, 0.3) is 5.91 Å². The molecule has 1 aromatic carbocycles. The van der Waals surface area contributed by atoms with Gasteiger partial charge >= 0.3 is 0 Å². The summed E-state index contributed by atoms with van der Waals surface area (Å²) in [5.41, 5.74) is 2.27. The zero-order valence-electron chi connectivity index (χ0n) is 16.2. The minimum absolute atomic E-state index is 0.0228. The second kappa shape index (κ2) is 8.19. The summed E-state index contributed by atoms with van der Waals surface area (Å²) >= 11 is 0. The van der Waals surface area contributed by atoms with Crippen molar-refractivity contribution in [1.29, 1.82) is 0 Å². The third-order valence-electron chi connectivity index (χ3n) is 5.26. The summed E-state index contributed by atoms with van der Waals surface area (Å²) in [4.78, 5) is 16.7. The van der Waals surface area contributed by atoms with Gasteiger partial charge in [-0.2, -0.15) is 0 Å². The number of nitrogens with zero attached hydrogens (tertiary/aromatic N) is 2. The molecule has 25 heavy (non-hydrogen) atoms. The van der Waals surface area contributed by atoms with Crippen LogP contribution in [-0.2, 0) is 4.79 Å². The number of carbonyl (C=O) groups is 1. The van der Waals surface area contributed by atoms with Crippen molar-refractivity contribution in [3.05, 3.63) is 29.3 Å². The number of aryl methyl sites for hydroxylation is 2. The number of rotatable bonds is 6. The number of piperidine rings is 1. The van der Waals surface area contributed by atoms with E-state index >= 15 is 0 Å². The monoisotopic (exact) mass is 348 g/mol. The van der Waals surface area contributed by atoms with Gasteiger partial charge in [-0.15, -0.1) is 0 Å². The minimum atomic E-state index is -0.502. The smallest absolute Gasteiger partial charge is 0.263 e. The van der Waals surface area contributed by atoms with Crippen LogP contribution in [0, 0.1) is 19.3 Å². The highest BCUT2D eigenvalue weighted by atomic mass is 16.5. The third kappa shape index (κ3) is 4.95. The highest BCUT2D eigenvalue weighted by molar-refractivity contribution is 5.81. The van der Waals surface area contributed by atoms with Crippen LogP contribution in [0.1, 0.15) is 30.9 Å². The largest absolute Gasteiger partial charge is 0.481 e. The Morgan fingerprint density at radius 1 is 1.28 bits per heavy atom. The number of carbonyl (C=O) groups excluding carboxylic acids is 1. The fraction of sp³-hybridized carbons (Fsp3) is 0.650. The zero-order chi connectivity index (χ0) is 18.6. The molecule has 0 aliphatic carbocycles. The van der Waals surface area contributed by atoms with Gasteiger partial charge in [-0.05, 0) is 71.0 Å². The Labute approximate surface area is 151 Å². The van der Waals surface area contributed by atoms with E-state index < -0.39 is 6.10 Å². The Balaban J connectivity index is 1.93.